The third kappa shape index (κ3) is 4.41. The van der Waals surface area contributed by atoms with Crippen molar-refractivity contribution in [3.05, 3.63) is 81.0 Å². The first-order valence-corrected chi connectivity index (χ1v) is 13.5. The van der Waals surface area contributed by atoms with Crippen molar-refractivity contribution >= 4 is 33.3 Å². The van der Waals surface area contributed by atoms with Crippen molar-refractivity contribution in [1.82, 2.24) is 9.55 Å². The lowest BCUT2D eigenvalue weighted by atomic mass is 9.72. The Morgan fingerprint density at radius 3 is 2.53 bits per heavy atom. The van der Waals surface area contributed by atoms with Gasteiger partial charge in [0.2, 0.25) is 0 Å². The molecule has 1 aliphatic carbocycles. The number of thiophene rings is 1. The van der Waals surface area contributed by atoms with E-state index in [2.05, 4.69) is 32.9 Å². The Balaban J connectivity index is 1.59. The Morgan fingerprint density at radius 2 is 1.85 bits per heavy atom. The summed E-state index contributed by atoms with van der Waals surface area (Å²) in [6.45, 7) is 6.97. The zero-order valence-electron chi connectivity index (χ0n) is 20.1. The zero-order valence-corrected chi connectivity index (χ0v) is 21.8. The van der Waals surface area contributed by atoms with Crippen molar-refractivity contribution in [1.29, 1.82) is 0 Å². The molecular weight excluding hydrogens is 460 g/mol. The molecule has 5 rings (SSSR count). The molecule has 176 valence electrons. The normalized spacial score (nSPS) is 15.9. The number of hydrogen-bond acceptors (Lipinski definition) is 5. The van der Waals surface area contributed by atoms with E-state index < -0.39 is 0 Å². The van der Waals surface area contributed by atoms with Gasteiger partial charge in [-0.15, -0.1) is 11.3 Å². The molecule has 2 heterocycles. The average Bonchev–Trinajstić information content (AvgIpc) is 3.21. The molecular formula is C28H30N2O2S2. The second-order valence-electron chi connectivity index (χ2n) is 10.00. The van der Waals surface area contributed by atoms with Crippen molar-refractivity contribution in [2.24, 2.45) is 11.3 Å². The first-order valence-electron chi connectivity index (χ1n) is 11.7. The van der Waals surface area contributed by atoms with E-state index in [-0.39, 0.29) is 11.0 Å². The highest BCUT2D eigenvalue weighted by atomic mass is 32.2. The molecule has 34 heavy (non-hydrogen) atoms. The standard InChI is InChI=1S/C28H30N2O2S2/c1-28(2,3)19-12-15-22-23(16-19)34-25-24(22)26(31)30(20-8-6-5-7-9-20)27(29-25)33-17-18-10-13-21(32-4)14-11-18/h5-11,13-14,19H,12,15-17H2,1-4H3. The number of hydrogen-bond donors (Lipinski definition) is 0. The second-order valence-corrected chi connectivity index (χ2v) is 12.0. The van der Waals surface area contributed by atoms with Crippen LogP contribution in [0.4, 0.5) is 0 Å². The van der Waals surface area contributed by atoms with Crippen LogP contribution in [0.2, 0.25) is 0 Å². The molecule has 0 aliphatic heterocycles. The molecule has 1 aliphatic rings. The van der Waals surface area contributed by atoms with Gasteiger partial charge >= 0.3 is 0 Å². The number of para-hydroxylation sites is 1. The van der Waals surface area contributed by atoms with E-state index in [1.807, 2.05) is 42.5 Å². The van der Waals surface area contributed by atoms with E-state index in [1.54, 1.807) is 34.8 Å². The van der Waals surface area contributed by atoms with E-state index in [0.29, 0.717) is 5.92 Å². The zero-order chi connectivity index (χ0) is 23.9. The van der Waals surface area contributed by atoms with Crippen LogP contribution in [0.15, 0.2) is 64.5 Å². The first-order chi connectivity index (χ1) is 16.3. The Bertz CT molecular complexity index is 1370. The minimum atomic E-state index is 0.0557. The second kappa shape index (κ2) is 9.23. The predicted octanol–water partition coefficient (Wildman–Crippen LogP) is 6.90. The minimum Gasteiger partial charge on any atom is -0.497 e. The molecule has 0 saturated heterocycles. The lowest BCUT2D eigenvalue weighted by molar-refractivity contribution is 0.218. The Hall–Kier alpha value is -2.57. The first kappa shape index (κ1) is 23.2. The molecule has 1 atom stereocenters. The fourth-order valence-corrected chi connectivity index (χ4v) is 7.03. The lowest BCUT2D eigenvalue weighted by Gasteiger charge is -2.33. The molecule has 0 spiro atoms. The summed E-state index contributed by atoms with van der Waals surface area (Å²) >= 11 is 3.33. The van der Waals surface area contributed by atoms with Crippen LogP contribution in [0.1, 0.15) is 43.2 Å². The molecule has 0 saturated carbocycles. The van der Waals surface area contributed by atoms with Crippen LogP contribution < -0.4 is 10.3 Å². The smallest absolute Gasteiger partial charge is 0.267 e. The van der Waals surface area contributed by atoms with Crippen molar-refractivity contribution in [2.45, 2.75) is 50.9 Å². The molecule has 4 aromatic rings. The number of aromatic nitrogens is 2. The van der Waals surface area contributed by atoms with Gasteiger partial charge in [-0.05, 0) is 66.0 Å². The highest BCUT2D eigenvalue weighted by molar-refractivity contribution is 7.98. The van der Waals surface area contributed by atoms with Gasteiger partial charge in [0.15, 0.2) is 5.16 Å². The number of rotatable bonds is 5. The molecule has 0 radical (unpaired) electrons. The van der Waals surface area contributed by atoms with Gasteiger partial charge in [0.25, 0.3) is 5.56 Å². The number of aryl methyl sites for hydroxylation is 1. The van der Waals surface area contributed by atoms with Gasteiger partial charge < -0.3 is 4.74 Å². The third-order valence-electron chi connectivity index (χ3n) is 6.82. The SMILES string of the molecule is COc1ccc(CSc2nc3sc4c(c3c(=O)n2-c2ccccc2)CCC(C(C)(C)C)C4)cc1. The number of benzene rings is 2. The molecule has 0 fully saturated rings. The number of methoxy groups -OCH3 is 1. The maximum Gasteiger partial charge on any atom is 0.267 e. The number of thioether (sulfide) groups is 1. The van der Waals surface area contributed by atoms with Crippen molar-refractivity contribution in [3.63, 3.8) is 0 Å². The van der Waals surface area contributed by atoms with Gasteiger partial charge in [0.1, 0.15) is 10.6 Å². The fourth-order valence-electron chi connectivity index (χ4n) is 4.72. The summed E-state index contributed by atoms with van der Waals surface area (Å²) in [6.07, 6.45) is 3.13. The van der Waals surface area contributed by atoms with Crippen LogP contribution in [0.5, 0.6) is 5.75 Å². The molecule has 0 amide bonds. The predicted molar refractivity (Wildman–Crippen MR) is 143 cm³/mol. The highest BCUT2D eigenvalue weighted by Gasteiger charge is 2.32. The van der Waals surface area contributed by atoms with Gasteiger partial charge in [0, 0.05) is 10.6 Å². The minimum absolute atomic E-state index is 0.0557. The fraction of sp³-hybridized carbons (Fsp3) is 0.357. The Kier molecular flexibility index (Phi) is 6.30. The Morgan fingerprint density at radius 1 is 1.12 bits per heavy atom. The molecule has 4 nitrogen and oxygen atoms in total. The van der Waals surface area contributed by atoms with Gasteiger partial charge in [-0.3, -0.25) is 9.36 Å². The quantitative estimate of drug-likeness (QED) is 0.225. The van der Waals surface area contributed by atoms with Crippen molar-refractivity contribution in [2.75, 3.05) is 7.11 Å². The summed E-state index contributed by atoms with van der Waals surface area (Å²) in [7, 11) is 1.67. The summed E-state index contributed by atoms with van der Waals surface area (Å²) in [5.74, 6) is 2.20. The highest BCUT2D eigenvalue weighted by Crippen LogP contribution is 2.42. The largest absolute Gasteiger partial charge is 0.497 e. The summed E-state index contributed by atoms with van der Waals surface area (Å²) in [4.78, 5) is 21.3. The molecule has 6 heteroatoms. The van der Waals surface area contributed by atoms with E-state index in [9.17, 15) is 4.79 Å². The van der Waals surface area contributed by atoms with Crippen LogP contribution in [0, 0.1) is 11.3 Å². The van der Waals surface area contributed by atoms with Gasteiger partial charge in [-0.25, -0.2) is 4.98 Å². The summed E-state index contributed by atoms with van der Waals surface area (Å²) in [6, 6.07) is 18.0. The molecule has 0 bridgehead atoms. The molecule has 0 N–H and O–H groups in total. The maximum absolute atomic E-state index is 14.0. The van der Waals surface area contributed by atoms with Crippen LogP contribution in [0.3, 0.4) is 0 Å². The van der Waals surface area contributed by atoms with Gasteiger partial charge in [0.05, 0.1) is 18.2 Å². The van der Waals surface area contributed by atoms with E-state index in [1.165, 1.54) is 16.0 Å². The van der Waals surface area contributed by atoms with E-state index >= 15 is 0 Å². The number of nitrogens with zero attached hydrogens (tertiary/aromatic N) is 2. The summed E-state index contributed by atoms with van der Waals surface area (Å²) in [5.41, 5.74) is 3.58. The average molecular weight is 491 g/mol. The number of ether oxygens (including phenoxy) is 1. The monoisotopic (exact) mass is 490 g/mol. The van der Waals surface area contributed by atoms with Gasteiger partial charge in [-0.2, -0.15) is 0 Å². The summed E-state index contributed by atoms with van der Waals surface area (Å²) in [5, 5.41) is 1.57. The van der Waals surface area contributed by atoms with Crippen LogP contribution in [-0.4, -0.2) is 16.7 Å². The van der Waals surface area contributed by atoms with Crippen molar-refractivity contribution < 1.29 is 4.74 Å². The topological polar surface area (TPSA) is 44.1 Å². The third-order valence-corrected chi connectivity index (χ3v) is 8.98. The number of fused-ring (bicyclic) bond motifs is 3. The van der Waals surface area contributed by atoms with Crippen LogP contribution in [-0.2, 0) is 18.6 Å². The van der Waals surface area contributed by atoms with Crippen LogP contribution in [0.25, 0.3) is 15.9 Å². The van der Waals surface area contributed by atoms with E-state index in [4.69, 9.17) is 9.72 Å². The van der Waals surface area contributed by atoms with Crippen LogP contribution >= 0.6 is 23.1 Å². The maximum atomic E-state index is 14.0. The van der Waals surface area contributed by atoms with E-state index in [0.717, 1.165) is 51.8 Å². The molecule has 2 aromatic heterocycles. The molecule has 1 unspecified atom stereocenters. The van der Waals surface area contributed by atoms with Gasteiger partial charge in [-0.1, -0.05) is 62.9 Å². The molecule has 2 aromatic carbocycles. The lowest BCUT2D eigenvalue weighted by Crippen LogP contribution is -2.27. The van der Waals surface area contributed by atoms with Crippen molar-refractivity contribution in [3.8, 4) is 11.4 Å². The Labute approximate surface area is 209 Å². The summed E-state index contributed by atoms with van der Waals surface area (Å²) < 4.78 is 7.08.